The predicted octanol–water partition coefficient (Wildman–Crippen LogP) is 2.78. The molecule has 132 valence electrons. The lowest BCUT2D eigenvalue weighted by Crippen LogP contribution is -2.26. The number of hydrazone groups is 1. The fraction of sp³-hybridized carbons (Fsp3) is 0.333. The number of fused-ring (bicyclic) bond motifs is 1. The fourth-order valence-corrected chi connectivity index (χ4v) is 2.32. The maximum atomic E-state index is 12.5. The van der Waals surface area contributed by atoms with E-state index in [2.05, 4.69) is 22.4 Å². The van der Waals surface area contributed by atoms with E-state index in [1.165, 1.54) is 0 Å². The number of amides is 2. The third-order valence-electron chi connectivity index (χ3n) is 3.54. The molecule has 0 saturated heterocycles. The summed E-state index contributed by atoms with van der Waals surface area (Å²) in [5, 5.41) is 4.46. The van der Waals surface area contributed by atoms with Gasteiger partial charge in [-0.2, -0.15) is 5.10 Å². The number of hydrogen-bond acceptors (Lipinski definition) is 5. The normalized spacial score (nSPS) is 11.4. The molecule has 0 saturated carbocycles. The number of nitrogens with zero attached hydrogens (tertiary/aromatic N) is 2. The van der Waals surface area contributed by atoms with Crippen molar-refractivity contribution in [2.24, 2.45) is 10.8 Å². The number of rotatable bonds is 7. The summed E-state index contributed by atoms with van der Waals surface area (Å²) in [6.45, 7) is 3.69. The molecule has 25 heavy (non-hydrogen) atoms. The molecule has 2 rings (SSSR count). The van der Waals surface area contributed by atoms with E-state index in [0.29, 0.717) is 11.3 Å². The first kappa shape index (κ1) is 18.4. The molecule has 0 radical (unpaired) electrons. The summed E-state index contributed by atoms with van der Waals surface area (Å²) >= 11 is 0. The zero-order valence-corrected chi connectivity index (χ0v) is 14.4. The Hall–Kier alpha value is -2.96. The molecule has 0 atom stereocenters. The number of pyridine rings is 1. The molecule has 3 N–H and O–H groups in total. The van der Waals surface area contributed by atoms with Crippen molar-refractivity contribution in [1.82, 2.24) is 10.4 Å². The number of hydrogen-bond donors (Lipinski definition) is 2. The first-order valence-corrected chi connectivity index (χ1v) is 8.15. The average Bonchev–Trinajstić information content (AvgIpc) is 2.61. The molecule has 0 spiro atoms. The molecule has 0 bridgehead atoms. The highest BCUT2D eigenvalue weighted by Gasteiger charge is 2.14. The van der Waals surface area contributed by atoms with Gasteiger partial charge in [0.2, 0.25) is 0 Å². The van der Waals surface area contributed by atoms with Crippen LogP contribution in [0.3, 0.4) is 0 Å². The molecule has 1 heterocycles. The minimum atomic E-state index is -0.772. The quantitative estimate of drug-likeness (QED) is 0.458. The highest BCUT2D eigenvalue weighted by molar-refractivity contribution is 6.04. The molecule has 2 aromatic rings. The molecule has 0 aliphatic rings. The topological polar surface area (TPSA) is 107 Å². The van der Waals surface area contributed by atoms with Crippen molar-refractivity contribution >= 4 is 28.6 Å². The van der Waals surface area contributed by atoms with Crippen molar-refractivity contribution in [2.75, 3.05) is 6.61 Å². The Labute approximate surface area is 146 Å². The minimum Gasteiger partial charge on any atom is -0.456 e. The number of aryl methyl sites for hydroxylation is 1. The van der Waals surface area contributed by atoms with Crippen LogP contribution in [-0.4, -0.2) is 29.3 Å². The van der Waals surface area contributed by atoms with Gasteiger partial charge in [-0.15, -0.1) is 0 Å². The van der Waals surface area contributed by atoms with Crippen LogP contribution in [0, 0.1) is 0 Å². The summed E-state index contributed by atoms with van der Waals surface area (Å²) in [4.78, 5) is 27.7. The second-order valence-corrected chi connectivity index (χ2v) is 5.68. The first-order valence-electron chi connectivity index (χ1n) is 8.15. The van der Waals surface area contributed by atoms with Crippen LogP contribution in [0.5, 0.6) is 0 Å². The number of para-hydroxylation sites is 1. The smallest absolute Gasteiger partial charge is 0.339 e. The number of nitrogens with two attached hydrogens (primary N) is 1. The molecule has 7 nitrogen and oxygen atoms in total. The van der Waals surface area contributed by atoms with Crippen LogP contribution in [0.4, 0.5) is 4.79 Å². The molecule has 1 aromatic carbocycles. The fourth-order valence-electron chi connectivity index (χ4n) is 2.32. The van der Waals surface area contributed by atoms with Gasteiger partial charge in [-0.3, -0.25) is 4.98 Å². The Balaban J connectivity index is 2.21. The number of benzene rings is 1. The Morgan fingerprint density at radius 2 is 2.08 bits per heavy atom. The molecular formula is C18H22N4O3. The monoisotopic (exact) mass is 342 g/mol. The molecule has 7 heteroatoms. The molecule has 0 fully saturated rings. The second kappa shape index (κ2) is 8.77. The average molecular weight is 342 g/mol. The number of nitrogens with one attached hydrogen (secondary N) is 1. The van der Waals surface area contributed by atoms with Gasteiger partial charge < -0.3 is 10.5 Å². The van der Waals surface area contributed by atoms with E-state index >= 15 is 0 Å². The van der Waals surface area contributed by atoms with Crippen molar-refractivity contribution in [2.45, 2.75) is 33.1 Å². The molecule has 2 amide bonds. The van der Waals surface area contributed by atoms with E-state index in [-0.39, 0.29) is 6.61 Å². The van der Waals surface area contributed by atoms with E-state index in [1.807, 2.05) is 24.3 Å². The van der Waals surface area contributed by atoms with Crippen molar-refractivity contribution in [3.63, 3.8) is 0 Å². The van der Waals surface area contributed by atoms with Crippen LogP contribution in [-0.2, 0) is 11.2 Å². The summed E-state index contributed by atoms with van der Waals surface area (Å²) in [6.07, 6.45) is 2.87. The predicted molar refractivity (Wildman–Crippen MR) is 96.5 cm³/mol. The van der Waals surface area contributed by atoms with Crippen LogP contribution >= 0.6 is 0 Å². The van der Waals surface area contributed by atoms with Crippen molar-refractivity contribution in [1.29, 1.82) is 0 Å². The number of aromatic nitrogens is 1. The van der Waals surface area contributed by atoms with Gasteiger partial charge in [0.1, 0.15) is 6.61 Å². The number of ether oxygens (including phenoxy) is 1. The standard InChI is InChI=1S/C18H22N4O3/c1-3-4-7-13-10-15(14-8-5-6-9-16(14)20-13)17(23)25-11-12(2)21-22-18(19)24/h5-6,8-10H,3-4,7,11H2,1-2H3,(H3,19,22,24)/b21-12-. The van der Waals surface area contributed by atoms with Gasteiger partial charge in [-0.05, 0) is 31.9 Å². The number of esters is 1. The lowest BCUT2D eigenvalue weighted by molar-refractivity contribution is 0.0565. The van der Waals surface area contributed by atoms with Crippen molar-refractivity contribution in [3.8, 4) is 0 Å². The first-order chi connectivity index (χ1) is 12.0. The Bertz CT molecular complexity index is 802. The molecule has 0 aliphatic carbocycles. The summed E-state index contributed by atoms with van der Waals surface area (Å²) < 4.78 is 5.30. The van der Waals surface area contributed by atoms with Crippen LogP contribution in [0.25, 0.3) is 10.9 Å². The number of unbranched alkanes of at least 4 members (excludes halogenated alkanes) is 1. The van der Waals surface area contributed by atoms with E-state index in [9.17, 15) is 9.59 Å². The maximum absolute atomic E-state index is 12.5. The molecule has 0 aliphatic heterocycles. The summed E-state index contributed by atoms with van der Waals surface area (Å²) in [6, 6.07) is 8.49. The van der Waals surface area contributed by atoms with E-state index in [0.717, 1.165) is 35.9 Å². The SMILES string of the molecule is CCCCc1cc(C(=O)OC/C(C)=N\NC(N)=O)c2ccccc2n1. The summed E-state index contributed by atoms with van der Waals surface area (Å²) in [5.41, 5.74) is 9.57. The van der Waals surface area contributed by atoms with Crippen molar-refractivity contribution < 1.29 is 14.3 Å². The maximum Gasteiger partial charge on any atom is 0.339 e. The third kappa shape index (κ3) is 5.27. The zero-order valence-electron chi connectivity index (χ0n) is 14.4. The highest BCUT2D eigenvalue weighted by Crippen LogP contribution is 2.20. The molecular weight excluding hydrogens is 320 g/mol. The Kier molecular flexibility index (Phi) is 6.45. The van der Waals surface area contributed by atoms with Gasteiger partial charge in [0.15, 0.2) is 0 Å². The molecule has 0 unspecified atom stereocenters. The highest BCUT2D eigenvalue weighted by atomic mass is 16.5. The van der Waals surface area contributed by atoms with Gasteiger partial charge in [0.05, 0.1) is 16.8 Å². The van der Waals surface area contributed by atoms with Gasteiger partial charge >= 0.3 is 12.0 Å². The Morgan fingerprint density at radius 3 is 2.80 bits per heavy atom. The molecule has 1 aromatic heterocycles. The van der Waals surface area contributed by atoms with Crippen LogP contribution in [0.15, 0.2) is 35.4 Å². The van der Waals surface area contributed by atoms with Crippen LogP contribution < -0.4 is 11.2 Å². The lowest BCUT2D eigenvalue weighted by Gasteiger charge is -2.10. The van der Waals surface area contributed by atoms with Gasteiger partial charge in [0.25, 0.3) is 0 Å². The van der Waals surface area contributed by atoms with Crippen LogP contribution in [0.2, 0.25) is 0 Å². The van der Waals surface area contributed by atoms with Crippen molar-refractivity contribution in [3.05, 3.63) is 41.6 Å². The zero-order chi connectivity index (χ0) is 18.2. The van der Waals surface area contributed by atoms with Gasteiger partial charge in [-0.25, -0.2) is 15.0 Å². The number of carbonyl (C=O) groups excluding carboxylic acids is 2. The summed E-state index contributed by atoms with van der Waals surface area (Å²) in [5.74, 6) is -0.454. The minimum absolute atomic E-state index is 0.0416. The second-order valence-electron chi connectivity index (χ2n) is 5.68. The van der Waals surface area contributed by atoms with Crippen LogP contribution in [0.1, 0.15) is 42.7 Å². The Morgan fingerprint density at radius 1 is 1.32 bits per heavy atom. The van der Waals surface area contributed by atoms with E-state index in [4.69, 9.17) is 10.5 Å². The van der Waals surface area contributed by atoms with Gasteiger partial charge in [0, 0.05) is 11.1 Å². The number of primary amides is 1. The largest absolute Gasteiger partial charge is 0.456 e. The lowest BCUT2D eigenvalue weighted by atomic mass is 10.1. The summed E-state index contributed by atoms with van der Waals surface area (Å²) in [7, 11) is 0. The number of urea groups is 1. The van der Waals surface area contributed by atoms with E-state index in [1.54, 1.807) is 13.0 Å². The third-order valence-corrected chi connectivity index (χ3v) is 3.54. The van der Waals surface area contributed by atoms with Gasteiger partial charge in [-0.1, -0.05) is 31.5 Å². The van der Waals surface area contributed by atoms with E-state index < -0.39 is 12.0 Å². The number of carbonyl (C=O) groups is 2.